The van der Waals surface area contributed by atoms with E-state index in [1.807, 2.05) is 59.3 Å². The number of amides is 2. The van der Waals surface area contributed by atoms with Gasteiger partial charge in [-0.1, -0.05) is 30.3 Å². The molecule has 1 aliphatic heterocycles. The highest BCUT2D eigenvalue weighted by molar-refractivity contribution is 5.74. The lowest BCUT2D eigenvalue weighted by molar-refractivity contribution is 0.214. The summed E-state index contributed by atoms with van der Waals surface area (Å²) in [7, 11) is 0. The Hall–Kier alpha value is -3.28. The van der Waals surface area contributed by atoms with Gasteiger partial charge in [-0.3, -0.25) is 0 Å². The molecule has 0 aliphatic carbocycles. The van der Waals surface area contributed by atoms with Crippen LogP contribution in [0.15, 0.2) is 67.3 Å². The fourth-order valence-corrected chi connectivity index (χ4v) is 3.04. The summed E-state index contributed by atoms with van der Waals surface area (Å²) in [5.74, 6) is 0.906. The molecule has 132 valence electrons. The number of ether oxygens (including phenoxy) is 1. The zero-order chi connectivity index (χ0) is 17.8. The predicted octanol–water partition coefficient (Wildman–Crippen LogP) is 2.68. The maximum atomic E-state index is 12.2. The Bertz CT molecular complexity index is 875. The fourth-order valence-electron chi connectivity index (χ4n) is 3.04. The monoisotopic (exact) mass is 348 g/mol. The number of benzene rings is 2. The fraction of sp³-hybridized carbons (Fsp3) is 0.200. The van der Waals surface area contributed by atoms with Crippen molar-refractivity contribution >= 4 is 6.03 Å². The zero-order valence-corrected chi connectivity index (χ0v) is 14.3. The van der Waals surface area contributed by atoms with Crippen molar-refractivity contribution in [1.82, 2.24) is 20.2 Å². The van der Waals surface area contributed by atoms with Gasteiger partial charge in [0.2, 0.25) is 0 Å². The minimum atomic E-state index is -0.184. The number of hydrogen-bond donors (Lipinski definition) is 2. The van der Waals surface area contributed by atoms with Crippen LogP contribution in [-0.2, 0) is 13.0 Å². The average Bonchev–Trinajstić information content (AvgIpc) is 3.21. The van der Waals surface area contributed by atoms with Gasteiger partial charge in [0.05, 0.1) is 12.4 Å². The molecular weight excluding hydrogens is 328 g/mol. The van der Waals surface area contributed by atoms with Crippen LogP contribution in [0.25, 0.3) is 5.69 Å². The number of carbonyl (C=O) groups excluding carboxylic acids is 1. The van der Waals surface area contributed by atoms with Gasteiger partial charge in [0.25, 0.3) is 0 Å². The number of fused-ring (bicyclic) bond motifs is 1. The summed E-state index contributed by atoms with van der Waals surface area (Å²) < 4.78 is 7.63. The maximum Gasteiger partial charge on any atom is 0.315 e. The van der Waals surface area contributed by atoms with Crippen LogP contribution in [0.2, 0.25) is 0 Å². The molecule has 0 saturated heterocycles. The largest absolute Gasteiger partial charge is 0.491 e. The molecule has 0 spiro atoms. The summed E-state index contributed by atoms with van der Waals surface area (Å²) in [6.45, 7) is 0.963. The average molecular weight is 348 g/mol. The number of carbonyl (C=O) groups is 1. The Labute approximate surface area is 151 Å². The van der Waals surface area contributed by atoms with Crippen molar-refractivity contribution in [2.45, 2.75) is 19.0 Å². The van der Waals surface area contributed by atoms with Crippen LogP contribution in [0.3, 0.4) is 0 Å². The van der Waals surface area contributed by atoms with Crippen molar-refractivity contribution in [3.63, 3.8) is 0 Å². The van der Waals surface area contributed by atoms with Crippen molar-refractivity contribution in [3.05, 3.63) is 78.4 Å². The van der Waals surface area contributed by atoms with Crippen LogP contribution in [-0.4, -0.2) is 28.2 Å². The molecule has 1 atom stereocenters. The summed E-state index contributed by atoms with van der Waals surface area (Å²) in [4.78, 5) is 16.2. The molecule has 3 aromatic rings. The lowest BCUT2D eigenvalue weighted by Crippen LogP contribution is -2.47. The molecule has 0 saturated carbocycles. The Morgan fingerprint density at radius 1 is 1.19 bits per heavy atom. The smallest absolute Gasteiger partial charge is 0.315 e. The first-order chi connectivity index (χ1) is 12.8. The molecule has 1 aliphatic rings. The normalized spacial score (nSPS) is 15.6. The second-order valence-corrected chi connectivity index (χ2v) is 6.28. The quantitative estimate of drug-likeness (QED) is 0.762. The first kappa shape index (κ1) is 16.2. The van der Waals surface area contributed by atoms with E-state index in [-0.39, 0.29) is 12.1 Å². The van der Waals surface area contributed by atoms with Gasteiger partial charge in [-0.25, -0.2) is 9.78 Å². The first-order valence-corrected chi connectivity index (χ1v) is 8.60. The molecule has 6 nitrogen and oxygen atoms in total. The van der Waals surface area contributed by atoms with E-state index in [4.69, 9.17) is 4.74 Å². The topological polar surface area (TPSA) is 68.2 Å². The summed E-state index contributed by atoms with van der Waals surface area (Å²) in [5.41, 5.74) is 3.20. The molecule has 6 heteroatoms. The number of imidazole rings is 1. The molecular formula is C20H20N4O2. The standard InChI is InChI=1S/C20H20N4O2/c25-20(23-17-11-16-3-1-2-4-19(16)26-13-17)22-12-15-5-7-18(8-6-15)24-10-9-21-14-24/h1-10,14,17H,11-13H2,(H2,22,23,25). The van der Waals surface area contributed by atoms with Crippen LogP contribution >= 0.6 is 0 Å². The van der Waals surface area contributed by atoms with Gasteiger partial charge in [0.1, 0.15) is 12.4 Å². The number of nitrogens with one attached hydrogen (secondary N) is 2. The number of hydrogen-bond acceptors (Lipinski definition) is 3. The second-order valence-electron chi connectivity index (χ2n) is 6.28. The number of urea groups is 1. The molecule has 2 heterocycles. The number of nitrogens with zero attached hydrogens (tertiary/aromatic N) is 2. The molecule has 1 aromatic heterocycles. The van der Waals surface area contributed by atoms with Crippen LogP contribution in [0.4, 0.5) is 4.79 Å². The molecule has 0 bridgehead atoms. The van der Waals surface area contributed by atoms with Crippen LogP contribution in [0.1, 0.15) is 11.1 Å². The van der Waals surface area contributed by atoms with Crippen molar-refractivity contribution in [3.8, 4) is 11.4 Å². The van der Waals surface area contributed by atoms with Gasteiger partial charge in [-0.05, 0) is 35.7 Å². The van der Waals surface area contributed by atoms with Crippen molar-refractivity contribution in [2.75, 3.05) is 6.61 Å². The van der Waals surface area contributed by atoms with Gasteiger partial charge in [-0.15, -0.1) is 0 Å². The highest BCUT2D eigenvalue weighted by atomic mass is 16.5. The van der Waals surface area contributed by atoms with E-state index in [1.54, 1.807) is 12.5 Å². The zero-order valence-electron chi connectivity index (χ0n) is 14.3. The van der Waals surface area contributed by atoms with Crippen molar-refractivity contribution in [1.29, 1.82) is 0 Å². The summed E-state index contributed by atoms with van der Waals surface area (Å²) in [6.07, 6.45) is 6.17. The number of aromatic nitrogens is 2. The molecule has 1 unspecified atom stereocenters. The lowest BCUT2D eigenvalue weighted by atomic mass is 10.0. The molecule has 2 aromatic carbocycles. The van der Waals surface area contributed by atoms with Gasteiger partial charge in [0, 0.05) is 24.6 Å². The van der Waals surface area contributed by atoms with Gasteiger partial charge in [0.15, 0.2) is 0 Å². The van der Waals surface area contributed by atoms with E-state index in [0.29, 0.717) is 13.2 Å². The third kappa shape index (κ3) is 3.69. The van der Waals surface area contributed by atoms with E-state index in [2.05, 4.69) is 15.6 Å². The Morgan fingerprint density at radius 3 is 2.85 bits per heavy atom. The molecule has 0 fully saturated rings. The van der Waals surface area contributed by atoms with E-state index < -0.39 is 0 Å². The molecule has 4 rings (SSSR count). The summed E-state index contributed by atoms with van der Waals surface area (Å²) in [6, 6.07) is 15.7. The highest BCUT2D eigenvalue weighted by Crippen LogP contribution is 2.23. The van der Waals surface area contributed by atoms with Crippen molar-refractivity contribution < 1.29 is 9.53 Å². The highest BCUT2D eigenvalue weighted by Gasteiger charge is 2.20. The molecule has 2 amide bonds. The first-order valence-electron chi connectivity index (χ1n) is 8.60. The lowest BCUT2D eigenvalue weighted by Gasteiger charge is -2.26. The third-order valence-corrected chi connectivity index (χ3v) is 4.41. The molecule has 26 heavy (non-hydrogen) atoms. The van der Waals surface area contributed by atoms with E-state index in [0.717, 1.165) is 29.0 Å². The third-order valence-electron chi connectivity index (χ3n) is 4.41. The van der Waals surface area contributed by atoms with E-state index >= 15 is 0 Å². The molecule has 0 radical (unpaired) electrons. The van der Waals surface area contributed by atoms with Crippen LogP contribution < -0.4 is 15.4 Å². The SMILES string of the molecule is O=C(NCc1ccc(-n2ccnc2)cc1)NC1COc2ccccc2C1. The van der Waals surface area contributed by atoms with Gasteiger partial charge >= 0.3 is 6.03 Å². The van der Waals surface area contributed by atoms with E-state index in [9.17, 15) is 4.79 Å². The Morgan fingerprint density at radius 2 is 2.04 bits per heavy atom. The summed E-state index contributed by atoms with van der Waals surface area (Å²) in [5, 5.41) is 5.88. The number of rotatable bonds is 4. The minimum Gasteiger partial charge on any atom is -0.491 e. The predicted molar refractivity (Wildman–Crippen MR) is 98.4 cm³/mol. The number of para-hydroxylation sites is 1. The second kappa shape index (κ2) is 7.31. The van der Waals surface area contributed by atoms with Crippen LogP contribution in [0.5, 0.6) is 5.75 Å². The Balaban J connectivity index is 1.28. The van der Waals surface area contributed by atoms with Crippen LogP contribution in [0, 0.1) is 0 Å². The summed E-state index contributed by atoms with van der Waals surface area (Å²) >= 11 is 0. The maximum absolute atomic E-state index is 12.2. The van der Waals surface area contributed by atoms with Crippen molar-refractivity contribution in [2.24, 2.45) is 0 Å². The minimum absolute atomic E-state index is 0.0199. The van der Waals surface area contributed by atoms with Gasteiger partial charge in [-0.2, -0.15) is 0 Å². The molecule has 2 N–H and O–H groups in total. The van der Waals surface area contributed by atoms with E-state index in [1.165, 1.54) is 0 Å². The Kier molecular flexibility index (Phi) is 4.55. The van der Waals surface area contributed by atoms with Gasteiger partial charge < -0.3 is 19.9 Å².